The summed E-state index contributed by atoms with van der Waals surface area (Å²) in [6.45, 7) is 3.71. The Balaban J connectivity index is 2.39. The standard InChI is InChI=1S/C16H17BO2S/c1-2-3-7-13-10-11-15(12-16(13)17)20(18,19)14-8-5-4-6-9-14/h2,4-6,8-12H,1,3,7,17H2. The van der Waals surface area contributed by atoms with Crippen molar-refractivity contribution in [2.45, 2.75) is 22.6 Å². The highest BCUT2D eigenvalue weighted by atomic mass is 32.2. The van der Waals surface area contributed by atoms with Gasteiger partial charge in [-0.05, 0) is 37.1 Å². The average molecular weight is 284 g/mol. The molecule has 0 aromatic heterocycles. The molecular formula is C16H17BO2S. The molecule has 0 aliphatic rings. The Hall–Kier alpha value is -1.81. The summed E-state index contributed by atoms with van der Waals surface area (Å²) < 4.78 is 25.0. The molecule has 0 amide bonds. The molecule has 2 aromatic rings. The van der Waals surface area contributed by atoms with Gasteiger partial charge >= 0.3 is 0 Å². The Labute approximate surface area is 121 Å². The Bertz CT molecular complexity index is 707. The number of allylic oxidation sites excluding steroid dienone is 1. The van der Waals surface area contributed by atoms with Crippen LogP contribution in [0.4, 0.5) is 0 Å². The van der Waals surface area contributed by atoms with Crippen molar-refractivity contribution < 1.29 is 8.42 Å². The molecule has 4 heteroatoms. The molecule has 0 fully saturated rings. The molecule has 0 aliphatic carbocycles. The summed E-state index contributed by atoms with van der Waals surface area (Å²) in [5.41, 5.74) is 2.17. The zero-order valence-electron chi connectivity index (χ0n) is 11.5. The Morgan fingerprint density at radius 1 is 1.05 bits per heavy atom. The SMILES string of the molecule is Bc1cc(S(=O)(=O)c2ccccc2)ccc1CCC=C. The number of hydrogen-bond donors (Lipinski definition) is 0. The normalized spacial score (nSPS) is 11.2. The quantitative estimate of drug-likeness (QED) is 0.620. The fraction of sp³-hybridized carbons (Fsp3) is 0.125. The zero-order chi connectivity index (χ0) is 14.6. The van der Waals surface area contributed by atoms with Gasteiger partial charge in [0.15, 0.2) is 0 Å². The van der Waals surface area contributed by atoms with Crippen LogP contribution in [0.15, 0.2) is 71.0 Å². The van der Waals surface area contributed by atoms with Crippen molar-refractivity contribution in [2.24, 2.45) is 0 Å². The molecule has 0 radical (unpaired) electrons. The molecule has 0 heterocycles. The van der Waals surface area contributed by atoms with Crippen molar-refractivity contribution >= 4 is 23.1 Å². The number of aryl methyl sites for hydroxylation is 1. The van der Waals surface area contributed by atoms with E-state index in [2.05, 4.69) is 6.58 Å². The molecule has 2 aromatic carbocycles. The second-order valence-corrected chi connectivity index (χ2v) is 6.68. The van der Waals surface area contributed by atoms with Crippen LogP contribution in [0, 0.1) is 0 Å². The first-order valence-corrected chi connectivity index (χ1v) is 8.04. The number of rotatable bonds is 5. The van der Waals surface area contributed by atoms with Crippen molar-refractivity contribution in [2.75, 3.05) is 0 Å². The molecule has 0 N–H and O–H groups in total. The molecule has 102 valence electrons. The van der Waals surface area contributed by atoms with Crippen LogP contribution < -0.4 is 5.46 Å². The predicted octanol–water partition coefficient (Wildman–Crippen LogP) is 1.90. The minimum atomic E-state index is -3.42. The van der Waals surface area contributed by atoms with E-state index in [1.807, 2.05) is 26.1 Å². The fourth-order valence-corrected chi connectivity index (χ4v) is 3.48. The van der Waals surface area contributed by atoms with Crippen molar-refractivity contribution in [3.05, 3.63) is 66.7 Å². The van der Waals surface area contributed by atoms with Crippen LogP contribution in [-0.4, -0.2) is 16.3 Å². The molecule has 2 nitrogen and oxygen atoms in total. The number of sulfone groups is 1. The highest BCUT2D eigenvalue weighted by Gasteiger charge is 2.17. The topological polar surface area (TPSA) is 34.1 Å². The van der Waals surface area contributed by atoms with Gasteiger partial charge in [0.2, 0.25) is 9.84 Å². The van der Waals surface area contributed by atoms with E-state index in [0.717, 1.165) is 23.9 Å². The lowest BCUT2D eigenvalue weighted by atomic mass is 9.88. The molecule has 0 spiro atoms. The van der Waals surface area contributed by atoms with Gasteiger partial charge in [-0.3, -0.25) is 0 Å². The van der Waals surface area contributed by atoms with Crippen LogP contribution in [0.5, 0.6) is 0 Å². The third-order valence-electron chi connectivity index (χ3n) is 3.30. The summed E-state index contributed by atoms with van der Waals surface area (Å²) in [5, 5.41) is 0. The first kappa shape index (κ1) is 14.6. The first-order chi connectivity index (χ1) is 9.55. The van der Waals surface area contributed by atoms with Crippen LogP contribution in [-0.2, 0) is 16.3 Å². The van der Waals surface area contributed by atoms with Gasteiger partial charge in [-0.1, -0.05) is 41.4 Å². The minimum Gasteiger partial charge on any atom is -0.219 e. The van der Waals surface area contributed by atoms with E-state index in [1.165, 1.54) is 0 Å². The third kappa shape index (κ3) is 3.02. The summed E-state index contributed by atoms with van der Waals surface area (Å²) in [6.07, 6.45) is 3.65. The summed E-state index contributed by atoms with van der Waals surface area (Å²) in [4.78, 5) is 0.682. The summed E-state index contributed by atoms with van der Waals surface area (Å²) in [7, 11) is -1.47. The van der Waals surface area contributed by atoms with Crippen molar-refractivity contribution in [1.29, 1.82) is 0 Å². The lowest BCUT2D eigenvalue weighted by Gasteiger charge is -2.09. The largest absolute Gasteiger partial charge is 0.219 e. The predicted molar refractivity (Wildman–Crippen MR) is 85.0 cm³/mol. The smallest absolute Gasteiger partial charge is 0.206 e. The molecule has 0 saturated carbocycles. The van der Waals surface area contributed by atoms with Gasteiger partial charge in [-0.15, -0.1) is 6.58 Å². The second-order valence-electron chi connectivity index (χ2n) is 4.73. The van der Waals surface area contributed by atoms with E-state index in [-0.39, 0.29) is 0 Å². The lowest BCUT2D eigenvalue weighted by Crippen LogP contribution is -2.13. The molecule has 0 atom stereocenters. The van der Waals surface area contributed by atoms with Crippen molar-refractivity contribution in [3.8, 4) is 0 Å². The Kier molecular flexibility index (Phi) is 4.45. The van der Waals surface area contributed by atoms with Gasteiger partial charge in [0.1, 0.15) is 7.85 Å². The molecule has 2 rings (SSSR count). The highest BCUT2D eigenvalue weighted by molar-refractivity contribution is 7.91. The molecule has 0 unspecified atom stereocenters. The van der Waals surface area contributed by atoms with Gasteiger partial charge < -0.3 is 0 Å². The maximum Gasteiger partial charge on any atom is 0.206 e. The van der Waals surface area contributed by atoms with Crippen LogP contribution in [0.3, 0.4) is 0 Å². The van der Waals surface area contributed by atoms with E-state index in [1.54, 1.807) is 36.4 Å². The maximum absolute atomic E-state index is 12.5. The molecule has 20 heavy (non-hydrogen) atoms. The van der Waals surface area contributed by atoms with Crippen LogP contribution >= 0.6 is 0 Å². The molecule has 0 aliphatic heterocycles. The van der Waals surface area contributed by atoms with Crippen molar-refractivity contribution in [1.82, 2.24) is 0 Å². The lowest BCUT2D eigenvalue weighted by molar-refractivity contribution is 0.596. The van der Waals surface area contributed by atoms with Gasteiger partial charge in [-0.2, -0.15) is 0 Å². The van der Waals surface area contributed by atoms with E-state index in [0.29, 0.717) is 9.79 Å². The van der Waals surface area contributed by atoms with Gasteiger partial charge in [0.25, 0.3) is 0 Å². The number of benzene rings is 2. The van der Waals surface area contributed by atoms with Gasteiger partial charge in [-0.25, -0.2) is 8.42 Å². The fourth-order valence-electron chi connectivity index (χ4n) is 2.11. The average Bonchev–Trinajstić information content (AvgIpc) is 2.47. The van der Waals surface area contributed by atoms with Crippen LogP contribution in [0.25, 0.3) is 0 Å². The minimum absolute atomic E-state index is 0.332. The number of hydrogen-bond acceptors (Lipinski definition) is 2. The highest BCUT2D eigenvalue weighted by Crippen LogP contribution is 2.20. The summed E-state index contributed by atoms with van der Waals surface area (Å²) in [5.74, 6) is 0. The summed E-state index contributed by atoms with van der Waals surface area (Å²) in [6, 6.07) is 13.9. The van der Waals surface area contributed by atoms with E-state index >= 15 is 0 Å². The van der Waals surface area contributed by atoms with Crippen LogP contribution in [0.1, 0.15) is 12.0 Å². The van der Waals surface area contributed by atoms with E-state index in [4.69, 9.17) is 0 Å². The van der Waals surface area contributed by atoms with E-state index in [9.17, 15) is 8.42 Å². The van der Waals surface area contributed by atoms with Gasteiger partial charge in [0, 0.05) is 0 Å². The Morgan fingerprint density at radius 2 is 1.75 bits per heavy atom. The molecule has 0 saturated heterocycles. The Morgan fingerprint density at radius 3 is 2.35 bits per heavy atom. The summed E-state index contributed by atoms with van der Waals surface area (Å²) >= 11 is 0. The van der Waals surface area contributed by atoms with E-state index < -0.39 is 9.84 Å². The second kappa shape index (κ2) is 6.10. The van der Waals surface area contributed by atoms with Crippen molar-refractivity contribution in [3.63, 3.8) is 0 Å². The third-order valence-corrected chi connectivity index (χ3v) is 5.06. The zero-order valence-corrected chi connectivity index (χ0v) is 12.4. The maximum atomic E-state index is 12.5. The monoisotopic (exact) mass is 284 g/mol. The molecule has 0 bridgehead atoms. The van der Waals surface area contributed by atoms with Crippen LogP contribution in [0.2, 0.25) is 0 Å². The molecular weight excluding hydrogens is 267 g/mol. The van der Waals surface area contributed by atoms with Gasteiger partial charge in [0.05, 0.1) is 9.79 Å². The first-order valence-electron chi connectivity index (χ1n) is 6.56.